The quantitative estimate of drug-likeness (QED) is 0.325. The van der Waals surface area contributed by atoms with Gasteiger partial charge in [-0.25, -0.2) is 0 Å². The molecule has 2 heterocycles. The molecule has 0 unspecified atom stereocenters. The molecule has 10 nitrogen and oxygen atoms in total. The molecular weight excluding hydrogens is 400 g/mol. The van der Waals surface area contributed by atoms with Gasteiger partial charge in [0.2, 0.25) is 6.29 Å². The SMILES string of the molecule is Oc1ccc([C@H]2Oc3cc(O[C@H]4OC[C@@H](O)[C@@H](O)[C@H]4O)cc(O)c3C[C@@H]2O)cc1O. The fraction of sp³-hybridized carbons (Fsp3) is 0.400. The van der Waals surface area contributed by atoms with Crippen molar-refractivity contribution in [3.05, 3.63) is 41.5 Å². The number of hydrogen-bond acceptors (Lipinski definition) is 10. The van der Waals surface area contributed by atoms with Crippen LogP contribution in [0.3, 0.4) is 0 Å². The van der Waals surface area contributed by atoms with Gasteiger partial charge in [0.15, 0.2) is 11.5 Å². The van der Waals surface area contributed by atoms with Gasteiger partial charge in [0.05, 0.1) is 12.7 Å². The molecule has 0 aliphatic carbocycles. The highest BCUT2D eigenvalue weighted by Crippen LogP contribution is 2.43. The summed E-state index contributed by atoms with van der Waals surface area (Å²) in [5.74, 6) is -0.602. The van der Waals surface area contributed by atoms with Gasteiger partial charge in [-0.3, -0.25) is 0 Å². The van der Waals surface area contributed by atoms with Gasteiger partial charge in [0.1, 0.15) is 41.7 Å². The minimum atomic E-state index is -1.51. The van der Waals surface area contributed by atoms with Crippen molar-refractivity contribution >= 4 is 0 Å². The Morgan fingerprint density at radius 2 is 1.60 bits per heavy atom. The lowest BCUT2D eigenvalue weighted by molar-refractivity contribution is -0.242. The number of phenolic OH excluding ortho intramolecular Hbond substituents is 3. The van der Waals surface area contributed by atoms with Crippen LogP contribution in [0.5, 0.6) is 28.7 Å². The number of phenols is 3. The molecule has 0 bridgehead atoms. The van der Waals surface area contributed by atoms with Crippen LogP contribution in [0.1, 0.15) is 17.2 Å². The third kappa shape index (κ3) is 3.71. The highest BCUT2D eigenvalue weighted by atomic mass is 16.7. The summed E-state index contributed by atoms with van der Waals surface area (Å²) in [6, 6.07) is 6.73. The first-order valence-electron chi connectivity index (χ1n) is 9.29. The maximum atomic E-state index is 10.5. The number of aliphatic hydroxyl groups excluding tert-OH is 4. The molecular formula is C20H22O10. The number of aliphatic hydroxyl groups is 4. The smallest absolute Gasteiger partial charge is 0.228 e. The van der Waals surface area contributed by atoms with Crippen molar-refractivity contribution in [2.75, 3.05) is 6.61 Å². The summed E-state index contributed by atoms with van der Waals surface area (Å²) in [4.78, 5) is 0. The minimum Gasteiger partial charge on any atom is -0.507 e. The van der Waals surface area contributed by atoms with Gasteiger partial charge < -0.3 is 50.0 Å². The van der Waals surface area contributed by atoms with Crippen LogP contribution in [-0.4, -0.2) is 73.1 Å². The predicted octanol–water partition coefficient (Wildman–Crippen LogP) is -0.342. The summed E-state index contributed by atoms with van der Waals surface area (Å²) in [5.41, 5.74) is 0.757. The lowest BCUT2D eigenvalue weighted by atomic mass is 9.94. The molecule has 2 aromatic rings. The maximum absolute atomic E-state index is 10.5. The van der Waals surface area contributed by atoms with Gasteiger partial charge in [-0.05, 0) is 17.7 Å². The van der Waals surface area contributed by atoms with E-state index >= 15 is 0 Å². The average molecular weight is 422 g/mol. The zero-order valence-electron chi connectivity index (χ0n) is 15.6. The third-order valence-electron chi connectivity index (χ3n) is 5.21. The highest BCUT2D eigenvalue weighted by Gasteiger charge is 2.39. The van der Waals surface area contributed by atoms with E-state index in [0.717, 1.165) is 0 Å². The largest absolute Gasteiger partial charge is 0.507 e. The second-order valence-electron chi connectivity index (χ2n) is 7.35. The van der Waals surface area contributed by atoms with Crippen LogP contribution in [-0.2, 0) is 11.2 Å². The van der Waals surface area contributed by atoms with E-state index < -0.39 is 36.8 Å². The molecule has 0 amide bonds. The van der Waals surface area contributed by atoms with Crippen molar-refractivity contribution in [1.82, 2.24) is 0 Å². The Labute approximate surface area is 170 Å². The number of hydrogen-bond donors (Lipinski definition) is 7. The van der Waals surface area contributed by atoms with Crippen molar-refractivity contribution < 1.29 is 50.0 Å². The number of benzene rings is 2. The Morgan fingerprint density at radius 1 is 0.833 bits per heavy atom. The average Bonchev–Trinajstić information content (AvgIpc) is 2.71. The Morgan fingerprint density at radius 3 is 2.33 bits per heavy atom. The molecule has 6 atom stereocenters. The van der Waals surface area contributed by atoms with Crippen molar-refractivity contribution in [2.24, 2.45) is 0 Å². The van der Waals surface area contributed by atoms with Crippen molar-refractivity contribution in [3.63, 3.8) is 0 Å². The molecule has 4 rings (SSSR count). The molecule has 0 radical (unpaired) electrons. The van der Waals surface area contributed by atoms with Crippen LogP contribution in [0.15, 0.2) is 30.3 Å². The fourth-order valence-corrected chi connectivity index (χ4v) is 3.54. The van der Waals surface area contributed by atoms with Crippen molar-refractivity contribution in [1.29, 1.82) is 0 Å². The summed E-state index contributed by atoms with van der Waals surface area (Å²) in [7, 11) is 0. The molecule has 30 heavy (non-hydrogen) atoms. The Hall–Kier alpha value is -2.76. The molecule has 2 aromatic carbocycles. The highest BCUT2D eigenvalue weighted by molar-refractivity contribution is 5.52. The van der Waals surface area contributed by atoms with Crippen molar-refractivity contribution in [2.45, 2.75) is 43.2 Å². The minimum absolute atomic E-state index is 0.0568. The van der Waals surface area contributed by atoms with E-state index in [2.05, 4.69) is 0 Å². The summed E-state index contributed by atoms with van der Waals surface area (Å²) in [6.45, 7) is -0.241. The molecule has 1 saturated heterocycles. The summed E-state index contributed by atoms with van der Waals surface area (Å²) < 4.78 is 16.5. The maximum Gasteiger partial charge on any atom is 0.228 e. The van der Waals surface area contributed by atoms with E-state index in [1.54, 1.807) is 0 Å². The Kier molecular flexibility index (Phi) is 5.35. The van der Waals surface area contributed by atoms with Gasteiger partial charge >= 0.3 is 0 Å². The van der Waals surface area contributed by atoms with E-state index in [9.17, 15) is 35.7 Å². The van der Waals surface area contributed by atoms with Crippen LogP contribution in [0.2, 0.25) is 0 Å². The van der Waals surface area contributed by atoms with Gasteiger partial charge in [0, 0.05) is 24.1 Å². The zero-order valence-corrected chi connectivity index (χ0v) is 15.6. The van der Waals surface area contributed by atoms with Gasteiger partial charge in [-0.1, -0.05) is 6.07 Å². The van der Waals surface area contributed by atoms with Gasteiger partial charge in [-0.15, -0.1) is 0 Å². The van der Waals surface area contributed by atoms with Crippen LogP contribution < -0.4 is 9.47 Å². The molecule has 2 aliphatic rings. The van der Waals surface area contributed by atoms with E-state index in [-0.39, 0.29) is 41.8 Å². The fourth-order valence-electron chi connectivity index (χ4n) is 3.54. The first-order chi connectivity index (χ1) is 14.2. The predicted molar refractivity (Wildman–Crippen MR) is 99.3 cm³/mol. The number of fused-ring (bicyclic) bond motifs is 1. The lowest BCUT2D eigenvalue weighted by Crippen LogP contribution is -2.54. The number of rotatable bonds is 3. The normalized spacial score (nSPS) is 30.9. The Bertz CT molecular complexity index is 932. The van der Waals surface area contributed by atoms with Gasteiger partial charge in [0.25, 0.3) is 0 Å². The number of aromatic hydroxyl groups is 3. The molecule has 0 spiro atoms. The van der Waals surface area contributed by atoms with E-state index in [0.29, 0.717) is 11.1 Å². The number of ether oxygens (including phenoxy) is 3. The third-order valence-corrected chi connectivity index (χ3v) is 5.21. The topological polar surface area (TPSA) is 169 Å². The standard InChI is InChI=1S/C20H22O10/c21-11-2-1-8(3-13(11)23)19-14(24)6-10-12(22)4-9(5-16(10)30-19)29-20-18(27)17(26)15(25)7-28-20/h1-5,14-15,17-27H,6-7H2/t14-,15+,17+,18+,19+,20+/m0/s1. The van der Waals surface area contributed by atoms with E-state index in [1.165, 1.54) is 30.3 Å². The molecule has 10 heteroatoms. The summed E-state index contributed by atoms with van der Waals surface area (Å²) in [5, 5.41) is 69.3. The molecule has 0 saturated carbocycles. The first kappa shape index (κ1) is 20.5. The van der Waals surface area contributed by atoms with E-state index in [1.807, 2.05) is 0 Å². The lowest BCUT2D eigenvalue weighted by Gasteiger charge is -2.35. The molecule has 1 fully saturated rings. The molecule has 2 aliphatic heterocycles. The Balaban J connectivity index is 1.58. The van der Waals surface area contributed by atoms with Crippen molar-refractivity contribution in [3.8, 4) is 28.7 Å². The van der Waals surface area contributed by atoms with Crippen LogP contribution >= 0.6 is 0 Å². The van der Waals surface area contributed by atoms with Gasteiger partial charge in [-0.2, -0.15) is 0 Å². The van der Waals surface area contributed by atoms with Crippen LogP contribution in [0, 0.1) is 0 Å². The van der Waals surface area contributed by atoms with E-state index in [4.69, 9.17) is 14.2 Å². The first-order valence-corrected chi connectivity index (χ1v) is 9.29. The second kappa shape index (κ2) is 7.82. The summed E-state index contributed by atoms with van der Waals surface area (Å²) in [6.07, 6.45) is -7.34. The molecule has 162 valence electrons. The monoisotopic (exact) mass is 422 g/mol. The van der Waals surface area contributed by atoms with Crippen LogP contribution in [0.25, 0.3) is 0 Å². The summed E-state index contributed by atoms with van der Waals surface area (Å²) >= 11 is 0. The molecule has 0 aromatic heterocycles. The van der Waals surface area contributed by atoms with Crippen LogP contribution in [0.4, 0.5) is 0 Å². The molecule has 7 N–H and O–H groups in total. The zero-order chi connectivity index (χ0) is 21.6. The second-order valence-corrected chi connectivity index (χ2v) is 7.35.